The Morgan fingerprint density at radius 3 is 2.67 bits per heavy atom. The molecule has 0 saturated carbocycles. The van der Waals surface area contributed by atoms with Crippen LogP contribution in [-0.2, 0) is 22.5 Å². The number of esters is 1. The van der Waals surface area contributed by atoms with Crippen molar-refractivity contribution in [2.24, 2.45) is 0 Å². The Morgan fingerprint density at radius 2 is 1.97 bits per heavy atom. The number of ether oxygens (including phenoxy) is 1. The zero-order valence-electron chi connectivity index (χ0n) is 17.0. The van der Waals surface area contributed by atoms with Gasteiger partial charge in [0.15, 0.2) is 0 Å². The van der Waals surface area contributed by atoms with Crippen LogP contribution in [0.5, 0.6) is 0 Å². The van der Waals surface area contributed by atoms with E-state index in [4.69, 9.17) is 13.7 Å². The SMILES string of the molecule is COC(=O)c1cc(CN(C)C(=O)CCCc2nc(-c3ccc(F)cc3)no2)oc1C. The molecule has 0 bridgehead atoms. The normalized spacial score (nSPS) is 10.8. The minimum atomic E-state index is -0.476. The maximum atomic E-state index is 13.0. The first-order valence-electron chi connectivity index (χ1n) is 9.37. The second-order valence-corrected chi connectivity index (χ2v) is 6.80. The third-order valence-electron chi connectivity index (χ3n) is 4.54. The molecule has 0 N–H and O–H groups in total. The van der Waals surface area contributed by atoms with Gasteiger partial charge in [-0.1, -0.05) is 5.16 Å². The first-order chi connectivity index (χ1) is 14.4. The standard InChI is InChI=1S/C21H22FN3O5/c1-13-17(21(27)28-3)11-16(29-13)12-25(2)19(26)6-4-5-18-23-20(24-30-18)14-7-9-15(22)10-8-14/h7-11H,4-6,12H2,1-3H3. The molecule has 158 valence electrons. The fraction of sp³-hybridized carbons (Fsp3) is 0.333. The van der Waals surface area contributed by atoms with Crippen LogP contribution in [0.4, 0.5) is 4.39 Å². The van der Waals surface area contributed by atoms with Gasteiger partial charge in [-0.05, 0) is 43.7 Å². The van der Waals surface area contributed by atoms with Crippen molar-refractivity contribution < 1.29 is 27.7 Å². The van der Waals surface area contributed by atoms with Crippen molar-refractivity contribution in [3.05, 3.63) is 59.1 Å². The molecule has 0 atom stereocenters. The first kappa shape index (κ1) is 21.2. The molecular formula is C21H22FN3O5. The Labute approximate surface area is 172 Å². The lowest BCUT2D eigenvalue weighted by Crippen LogP contribution is -2.25. The summed E-state index contributed by atoms with van der Waals surface area (Å²) in [6, 6.07) is 7.39. The van der Waals surface area contributed by atoms with Crippen LogP contribution >= 0.6 is 0 Å². The number of rotatable bonds is 8. The molecule has 30 heavy (non-hydrogen) atoms. The minimum Gasteiger partial charge on any atom is -0.465 e. The molecule has 9 heteroatoms. The highest BCUT2D eigenvalue weighted by molar-refractivity contribution is 5.90. The van der Waals surface area contributed by atoms with Crippen LogP contribution in [0.25, 0.3) is 11.4 Å². The summed E-state index contributed by atoms with van der Waals surface area (Å²) < 4.78 is 28.4. The monoisotopic (exact) mass is 415 g/mol. The van der Waals surface area contributed by atoms with Crippen LogP contribution in [-0.4, -0.2) is 41.1 Å². The van der Waals surface area contributed by atoms with Crippen molar-refractivity contribution in [2.75, 3.05) is 14.2 Å². The van der Waals surface area contributed by atoms with Crippen molar-refractivity contribution >= 4 is 11.9 Å². The number of hydrogen-bond donors (Lipinski definition) is 0. The van der Waals surface area contributed by atoms with Gasteiger partial charge in [-0.25, -0.2) is 9.18 Å². The molecule has 0 aliphatic heterocycles. The van der Waals surface area contributed by atoms with E-state index in [-0.39, 0.29) is 24.7 Å². The molecule has 1 aromatic carbocycles. The molecule has 0 spiro atoms. The molecule has 0 saturated heterocycles. The second kappa shape index (κ2) is 9.34. The van der Waals surface area contributed by atoms with E-state index in [9.17, 15) is 14.0 Å². The number of methoxy groups -OCH3 is 1. The van der Waals surface area contributed by atoms with Gasteiger partial charge in [0, 0.05) is 25.5 Å². The van der Waals surface area contributed by atoms with E-state index in [1.165, 1.54) is 24.1 Å². The summed E-state index contributed by atoms with van der Waals surface area (Å²) in [7, 11) is 2.97. The van der Waals surface area contributed by atoms with Crippen molar-refractivity contribution in [1.29, 1.82) is 0 Å². The van der Waals surface area contributed by atoms with Gasteiger partial charge in [-0.2, -0.15) is 4.98 Å². The molecule has 1 amide bonds. The van der Waals surface area contributed by atoms with E-state index in [0.29, 0.717) is 47.2 Å². The second-order valence-electron chi connectivity index (χ2n) is 6.80. The topological polar surface area (TPSA) is 98.7 Å². The largest absolute Gasteiger partial charge is 0.465 e. The lowest BCUT2D eigenvalue weighted by molar-refractivity contribution is -0.130. The molecule has 0 aliphatic rings. The van der Waals surface area contributed by atoms with Crippen molar-refractivity contribution in [2.45, 2.75) is 32.7 Å². The summed E-state index contributed by atoms with van der Waals surface area (Å²) in [5.41, 5.74) is 1.00. The Morgan fingerprint density at radius 1 is 1.23 bits per heavy atom. The number of aryl methyl sites for hydroxylation is 2. The molecule has 0 unspecified atom stereocenters. The molecule has 2 heterocycles. The summed E-state index contributed by atoms with van der Waals surface area (Å²) in [5, 5.41) is 3.88. The lowest BCUT2D eigenvalue weighted by atomic mass is 10.2. The zero-order chi connectivity index (χ0) is 21.7. The van der Waals surface area contributed by atoms with Crippen LogP contribution in [0.2, 0.25) is 0 Å². The molecule has 2 aromatic heterocycles. The van der Waals surface area contributed by atoms with Gasteiger partial charge >= 0.3 is 5.97 Å². The molecule has 0 aliphatic carbocycles. The maximum Gasteiger partial charge on any atom is 0.341 e. The van der Waals surface area contributed by atoms with Crippen LogP contribution < -0.4 is 0 Å². The van der Waals surface area contributed by atoms with Gasteiger partial charge < -0.3 is 18.6 Å². The van der Waals surface area contributed by atoms with Gasteiger partial charge in [-0.3, -0.25) is 4.79 Å². The van der Waals surface area contributed by atoms with E-state index < -0.39 is 5.97 Å². The number of hydrogen-bond acceptors (Lipinski definition) is 7. The highest BCUT2D eigenvalue weighted by Gasteiger charge is 2.18. The first-order valence-corrected chi connectivity index (χ1v) is 9.37. The Bertz CT molecular complexity index is 1030. The van der Waals surface area contributed by atoms with Crippen LogP contribution in [0.15, 0.2) is 39.3 Å². The highest BCUT2D eigenvalue weighted by atomic mass is 19.1. The van der Waals surface area contributed by atoms with Gasteiger partial charge in [0.2, 0.25) is 17.6 Å². The molecule has 0 fully saturated rings. The quantitative estimate of drug-likeness (QED) is 0.519. The van der Waals surface area contributed by atoms with E-state index in [1.807, 2.05) is 0 Å². The molecule has 3 aromatic rings. The van der Waals surface area contributed by atoms with Crippen LogP contribution in [0.1, 0.15) is 40.6 Å². The van der Waals surface area contributed by atoms with Crippen molar-refractivity contribution in [3.63, 3.8) is 0 Å². The van der Waals surface area contributed by atoms with Gasteiger partial charge in [0.05, 0.1) is 13.7 Å². The number of benzene rings is 1. The summed E-state index contributed by atoms with van der Waals surface area (Å²) >= 11 is 0. The summed E-state index contributed by atoms with van der Waals surface area (Å²) in [5.74, 6) is 0.849. The number of aromatic nitrogens is 2. The number of amides is 1. The van der Waals surface area contributed by atoms with E-state index in [2.05, 4.69) is 10.1 Å². The molecular weight excluding hydrogens is 393 g/mol. The number of furan rings is 1. The Kier molecular flexibility index (Phi) is 6.61. The summed E-state index contributed by atoms with van der Waals surface area (Å²) in [6.07, 6.45) is 1.26. The Hall–Kier alpha value is -3.49. The fourth-order valence-corrected chi connectivity index (χ4v) is 2.91. The van der Waals surface area contributed by atoms with Gasteiger partial charge in [0.25, 0.3) is 0 Å². The maximum absolute atomic E-state index is 13.0. The molecule has 0 radical (unpaired) electrons. The molecule has 8 nitrogen and oxygen atoms in total. The van der Waals surface area contributed by atoms with Crippen LogP contribution in [0, 0.1) is 12.7 Å². The van der Waals surface area contributed by atoms with E-state index in [1.54, 1.807) is 32.2 Å². The Balaban J connectivity index is 1.49. The van der Waals surface area contributed by atoms with Crippen molar-refractivity contribution in [3.8, 4) is 11.4 Å². The van der Waals surface area contributed by atoms with Crippen LogP contribution in [0.3, 0.4) is 0 Å². The summed E-state index contributed by atoms with van der Waals surface area (Å²) in [4.78, 5) is 29.8. The van der Waals surface area contributed by atoms with E-state index >= 15 is 0 Å². The summed E-state index contributed by atoms with van der Waals surface area (Å²) in [6.45, 7) is 1.91. The lowest BCUT2D eigenvalue weighted by Gasteiger charge is -2.15. The minimum absolute atomic E-state index is 0.0815. The number of nitrogens with zero attached hydrogens (tertiary/aromatic N) is 3. The number of halogens is 1. The van der Waals surface area contributed by atoms with Gasteiger partial charge in [-0.15, -0.1) is 0 Å². The average molecular weight is 415 g/mol. The van der Waals surface area contributed by atoms with Gasteiger partial charge in [0.1, 0.15) is 22.9 Å². The number of carbonyl (C=O) groups excluding carboxylic acids is 2. The third-order valence-corrected chi connectivity index (χ3v) is 4.54. The average Bonchev–Trinajstić information content (AvgIpc) is 3.34. The van der Waals surface area contributed by atoms with E-state index in [0.717, 1.165) is 0 Å². The predicted molar refractivity (Wildman–Crippen MR) is 104 cm³/mol. The van der Waals surface area contributed by atoms with Crippen molar-refractivity contribution in [1.82, 2.24) is 15.0 Å². The molecule has 3 rings (SSSR count). The fourth-order valence-electron chi connectivity index (χ4n) is 2.91. The number of carbonyl (C=O) groups is 2. The third kappa shape index (κ3) is 5.11. The zero-order valence-corrected chi connectivity index (χ0v) is 17.0. The predicted octanol–water partition coefficient (Wildman–Crippen LogP) is 3.55. The smallest absolute Gasteiger partial charge is 0.341 e. The highest BCUT2D eigenvalue weighted by Crippen LogP contribution is 2.19.